The summed E-state index contributed by atoms with van der Waals surface area (Å²) in [5, 5.41) is 3.30. The summed E-state index contributed by atoms with van der Waals surface area (Å²) in [5.41, 5.74) is 1.79. The maximum Gasteiger partial charge on any atom is 0.264 e. The Morgan fingerprint density at radius 1 is 0.972 bits per heavy atom. The Labute approximate surface area is 221 Å². The lowest BCUT2D eigenvalue weighted by Gasteiger charge is -2.32. The number of nitrogens with zero attached hydrogens (tertiary/aromatic N) is 2. The maximum atomic E-state index is 13.7. The van der Waals surface area contributed by atoms with Crippen LogP contribution < -0.4 is 9.62 Å². The smallest absolute Gasteiger partial charge is 0.264 e. The Morgan fingerprint density at radius 2 is 1.61 bits per heavy atom. The summed E-state index contributed by atoms with van der Waals surface area (Å²) in [6.07, 6.45) is 0. The number of benzene rings is 3. The van der Waals surface area contributed by atoms with Gasteiger partial charge in [-0.15, -0.1) is 0 Å². The van der Waals surface area contributed by atoms with Crippen molar-refractivity contribution < 1.29 is 18.0 Å². The highest BCUT2D eigenvalue weighted by atomic mass is 35.5. The zero-order valence-corrected chi connectivity index (χ0v) is 22.4. The van der Waals surface area contributed by atoms with Crippen LogP contribution in [0.15, 0.2) is 77.7 Å². The van der Waals surface area contributed by atoms with Gasteiger partial charge in [0.2, 0.25) is 11.8 Å². The number of rotatable bonds is 9. The predicted molar refractivity (Wildman–Crippen MR) is 143 cm³/mol. The number of amides is 2. The number of anilines is 1. The molecular weight excluding hydrogens is 521 g/mol. The first-order chi connectivity index (χ1) is 17.0. The average Bonchev–Trinajstić information content (AvgIpc) is 2.86. The van der Waals surface area contributed by atoms with Crippen LogP contribution in [0.3, 0.4) is 0 Å². The van der Waals surface area contributed by atoms with Gasteiger partial charge in [0, 0.05) is 23.6 Å². The molecule has 0 heterocycles. The largest absolute Gasteiger partial charge is 0.357 e. The van der Waals surface area contributed by atoms with Crippen LogP contribution in [0.25, 0.3) is 0 Å². The van der Waals surface area contributed by atoms with E-state index in [4.69, 9.17) is 23.2 Å². The molecule has 36 heavy (non-hydrogen) atoms. The summed E-state index contributed by atoms with van der Waals surface area (Å²) in [7, 11) is -2.63. The van der Waals surface area contributed by atoms with Crippen LogP contribution in [0, 0.1) is 6.92 Å². The van der Waals surface area contributed by atoms with E-state index in [1.807, 2.05) is 6.92 Å². The van der Waals surface area contributed by atoms with Gasteiger partial charge in [-0.3, -0.25) is 13.9 Å². The Hall–Kier alpha value is -3.07. The van der Waals surface area contributed by atoms with Crippen LogP contribution in [0.2, 0.25) is 10.0 Å². The number of para-hydroxylation sites is 1. The van der Waals surface area contributed by atoms with E-state index in [1.165, 1.54) is 24.1 Å². The fourth-order valence-electron chi connectivity index (χ4n) is 3.59. The second kappa shape index (κ2) is 11.8. The van der Waals surface area contributed by atoms with Gasteiger partial charge in [-0.2, -0.15) is 0 Å². The van der Waals surface area contributed by atoms with E-state index in [0.717, 1.165) is 9.87 Å². The van der Waals surface area contributed by atoms with Crippen molar-refractivity contribution in [3.8, 4) is 0 Å². The number of carbonyl (C=O) groups is 2. The third-order valence-corrected chi connectivity index (χ3v) is 8.08. The summed E-state index contributed by atoms with van der Waals surface area (Å²) in [6, 6.07) is 18.7. The van der Waals surface area contributed by atoms with Gasteiger partial charge < -0.3 is 10.2 Å². The predicted octanol–water partition coefficient (Wildman–Crippen LogP) is 4.66. The zero-order valence-electron chi connectivity index (χ0n) is 20.1. The fourth-order valence-corrected chi connectivity index (χ4v) is 5.47. The number of nitrogens with one attached hydrogen (secondary N) is 1. The Balaban J connectivity index is 2.02. The molecule has 7 nitrogen and oxygen atoms in total. The molecule has 0 unspecified atom stereocenters. The van der Waals surface area contributed by atoms with E-state index in [1.54, 1.807) is 67.6 Å². The molecule has 10 heteroatoms. The van der Waals surface area contributed by atoms with Crippen molar-refractivity contribution in [2.45, 2.75) is 31.3 Å². The molecule has 0 aliphatic heterocycles. The Bertz CT molecular complexity index is 1330. The summed E-state index contributed by atoms with van der Waals surface area (Å²) in [4.78, 5) is 27.5. The van der Waals surface area contributed by atoms with Crippen molar-refractivity contribution in [2.24, 2.45) is 0 Å². The minimum absolute atomic E-state index is 0.0172. The second-order valence-electron chi connectivity index (χ2n) is 8.21. The van der Waals surface area contributed by atoms with Crippen molar-refractivity contribution >= 4 is 50.7 Å². The van der Waals surface area contributed by atoms with Crippen LogP contribution in [0.5, 0.6) is 0 Å². The van der Waals surface area contributed by atoms with E-state index in [2.05, 4.69) is 5.32 Å². The van der Waals surface area contributed by atoms with Gasteiger partial charge >= 0.3 is 0 Å². The Kier molecular flexibility index (Phi) is 9.00. The van der Waals surface area contributed by atoms with E-state index in [0.29, 0.717) is 21.3 Å². The molecule has 0 aliphatic rings. The summed E-state index contributed by atoms with van der Waals surface area (Å²) in [5.74, 6) is -0.974. The topological polar surface area (TPSA) is 86.8 Å². The summed E-state index contributed by atoms with van der Waals surface area (Å²) < 4.78 is 28.4. The second-order valence-corrected chi connectivity index (χ2v) is 10.9. The van der Waals surface area contributed by atoms with Crippen molar-refractivity contribution in [2.75, 3.05) is 17.9 Å². The summed E-state index contributed by atoms with van der Waals surface area (Å²) >= 11 is 12.3. The highest BCUT2D eigenvalue weighted by Crippen LogP contribution is 2.26. The molecule has 0 saturated heterocycles. The first-order valence-corrected chi connectivity index (χ1v) is 13.3. The lowest BCUT2D eigenvalue weighted by Crippen LogP contribution is -2.50. The highest BCUT2D eigenvalue weighted by molar-refractivity contribution is 7.92. The normalized spacial score (nSPS) is 12.0. The van der Waals surface area contributed by atoms with Crippen molar-refractivity contribution in [1.29, 1.82) is 0 Å². The molecule has 0 aliphatic carbocycles. The van der Waals surface area contributed by atoms with Crippen LogP contribution >= 0.6 is 23.2 Å². The van der Waals surface area contributed by atoms with Crippen molar-refractivity contribution in [3.63, 3.8) is 0 Å². The number of carbonyl (C=O) groups excluding carboxylic acids is 2. The Morgan fingerprint density at radius 3 is 2.19 bits per heavy atom. The van der Waals surface area contributed by atoms with Crippen molar-refractivity contribution in [1.82, 2.24) is 10.2 Å². The van der Waals surface area contributed by atoms with Gasteiger partial charge in [0.25, 0.3) is 10.0 Å². The minimum atomic E-state index is -4.10. The molecule has 0 fully saturated rings. The molecule has 0 aromatic heterocycles. The molecule has 0 spiro atoms. The SMILES string of the molecule is CNC(=O)[C@@H](C)N(Cc1ccc(Cl)cc1Cl)C(=O)CN(c1ccccc1)S(=O)(=O)c1ccc(C)cc1. The molecule has 0 bridgehead atoms. The van der Waals surface area contributed by atoms with Crippen LogP contribution in [0.4, 0.5) is 5.69 Å². The molecule has 1 N–H and O–H groups in total. The minimum Gasteiger partial charge on any atom is -0.357 e. The molecule has 0 radical (unpaired) electrons. The molecular formula is C26H27Cl2N3O4S. The number of likely N-dealkylation sites (N-methyl/N-ethyl adjacent to an activating group) is 1. The quantitative estimate of drug-likeness (QED) is 0.422. The number of halogens is 2. The lowest BCUT2D eigenvalue weighted by molar-refractivity contribution is -0.139. The summed E-state index contributed by atoms with van der Waals surface area (Å²) in [6.45, 7) is 2.89. The van der Waals surface area contributed by atoms with E-state index in [-0.39, 0.29) is 11.4 Å². The molecule has 190 valence electrons. The molecule has 0 saturated carbocycles. The molecule has 2 amide bonds. The number of sulfonamides is 1. The van der Waals surface area contributed by atoms with Crippen LogP contribution in [0.1, 0.15) is 18.1 Å². The number of hydrogen-bond acceptors (Lipinski definition) is 4. The van der Waals surface area contributed by atoms with E-state index < -0.39 is 34.4 Å². The average molecular weight is 548 g/mol. The highest BCUT2D eigenvalue weighted by Gasteiger charge is 2.32. The first-order valence-electron chi connectivity index (χ1n) is 11.1. The van der Waals surface area contributed by atoms with E-state index >= 15 is 0 Å². The third-order valence-electron chi connectivity index (χ3n) is 5.70. The zero-order chi connectivity index (χ0) is 26.5. The van der Waals surface area contributed by atoms with Crippen LogP contribution in [-0.4, -0.2) is 44.8 Å². The monoisotopic (exact) mass is 547 g/mol. The van der Waals surface area contributed by atoms with Crippen molar-refractivity contribution in [3.05, 3.63) is 94.0 Å². The van der Waals surface area contributed by atoms with Gasteiger partial charge in [-0.1, -0.05) is 65.2 Å². The van der Waals surface area contributed by atoms with Gasteiger partial charge in [-0.25, -0.2) is 8.42 Å². The standard InChI is InChI=1S/C26H27Cl2N3O4S/c1-18-9-13-23(14-10-18)36(34,35)31(22-7-5-4-6-8-22)17-25(32)30(19(2)26(33)29-3)16-20-11-12-21(27)15-24(20)28/h4-15,19H,16-17H2,1-3H3,(H,29,33)/t19-/m1/s1. The molecule has 3 aromatic rings. The van der Waals surface area contributed by atoms with E-state index in [9.17, 15) is 18.0 Å². The van der Waals surface area contributed by atoms with Crippen LogP contribution in [-0.2, 0) is 26.2 Å². The van der Waals surface area contributed by atoms with Gasteiger partial charge in [0.1, 0.15) is 12.6 Å². The van der Waals surface area contributed by atoms with Gasteiger partial charge in [0.15, 0.2) is 0 Å². The molecule has 3 rings (SSSR count). The van der Waals surface area contributed by atoms with Gasteiger partial charge in [0.05, 0.1) is 10.6 Å². The van der Waals surface area contributed by atoms with Gasteiger partial charge in [-0.05, 0) is 55.8 Å². The number of hydrogen-bond donors (Lipinski definition) is 1. The molecule has 3 aromatic carbocycles. The third kappa shape index (κ3) is 6.37. The molecule has 1 atom stereocenters. The maximum absolute atomic E-state index is 13.7. The number of aryl methyl sites for hydroxylation is 1. The fraction of sp³-hybridized carbons (Fsp3) is 0.231. The lowest BCUT2D eigenvalue weighted by atomic mass is 10.1. The first kappa shape index (κ1) is 27.5.